The van der Waals surface area contributed by atoms with E-state index in [1.807, 2.05) is 12.3 Å². The first kappa shape index (κ1) is 17.6. The van der Waals surface area contributed by atoms with Gasteiger partial charge in [0.2, 0.25) is 0 Å². The number of hydrogen-bond acceptors (Lipinski definition) is 6. The van der Waals surface area contributed by atoms with Crippen molar-refractivity contribution in [1.29, 1.82) is 0 Å². The van der Waals surface area contributed by atoms with Crippen LogP contribution in [0.1, 0.15) is 26.3 Å². The average Bonchev–Trinajstić information content (AvgIpc) is 2.62. The van der Waals surface area contributed by atoms with Crippen LogP contribution in [-0.4, -0.2) is 34.6 Å². The fourth-order valence-electron chi connectivity index (χ4n) is 1.43. The van der Waals surface area contributed by atoms with Crippen LogP contribution in [0, 0.1) is 6.92 Å². The number of thiophene rings is 1. The van der Waals surface area contributed by atoms with E-state index in [0.29, 0.717) is 5.00 Å². The zero-order valence-corrected chi connectivity index (χ0v) is 14.1. The lowest BCUT2D eigenvalue weighted by atomic mass is 10.2. The molecule has 6 nitrogen and oxygen atoms in total. The van der Waals surface area contributed by atoms with Crippen LogP contribution in [0.15, 0.2) is 10.3 Å². The summed E-state index contributed by atoms with van der Waals surface area (Å²) < 4.78 is 5.06. The van der Waals surface area contributed by atoms with Gasteiger partial charge < -0.3 is 20.9 Å². The van der Waals surface area contributed by atoms with E-state index < -0.39 is 23.7 Å². The van der Waals surface area contributed by atoms with Crippen LogP contribution in [0.3, 0.4) is 0 Å². The first-order valence-corrected chi connectivity index (χ1v) is 8.15. The summed E-state index contributed by atoms with van der Waals surface area (Å²) >= 11 is 2.72. The van der Waals surface area contributed by atoms with Gasteiger partial charge in [0.15, 0.2) is 0 Å². The first-order valence-electron chi connectivity index (χ1n) is 6.29. The Balaban J connectivity index is 2.63. The lowest BCUT2D eigenvalue weighted by molar-refractivity contribution is -0.138. The van der Waals surface area contributed by atoms with Gasteiger partial charge in [0.1, 0.15) is 11.6 Å². The second kappa shape index (κ2) is 7.04. The summed E-state index contributed by atoms with van der Waals surface area (Å²) in [4.78, 5) is 23.7. The van der Waals surface area contributed by atoms with Crippen LogP contribution < -0.4 is 11.1 Å². The molecule has 4 N–H and O–H groups in total. The van der Waals surface area contributed by atoms with Gasteiger partial charge in [-0.1, -0.05) is 0 Å². The highest BCUT2D eigenvalue weighted by Crippen LogP contribution is 2.34. The van der Waals surface area contributed by atoms with Gasteiger partial charge in [-0.25, -0.2) is 9.59 Å². The lowest BCUT2D eigenvalue weighted by Gasteiger charge is -2.21. The van der Waals surface area contributed by atoms with E-state index in [4.69, 9.17) is 10.5 Å². The van der Waals surface area contributed by atoms with Gasteiger partial charge in [-0.05, 0) is 38.6 Å². The van der Waals surface area contributed by atoms with Crippen LogP contribution >= 0.6 is 23.1 Å². The smallest absolute Gasteiger partial charge is 0.408 e. The Morgan fingerprint density at radius 2 is 2.14 bits per heavy atom. The van der Waals surface area contributed by atoms with Crippen LogP contribution in [0.5, 0.6) is 0 Å². The van der Waals surface area contributed by atoms with Gasteiger partial charge in [0, 0.05) is 10.6 Å². The topological polar surface area (TPSA) is 102 Å². The molecule has 0 saturated heterocycles. The number of ether oxygens (including phenoxy) is 1. The summed E-state index contributed by atoms with van der Waals surface area (Å²) in [7, 11) is 0. The summed E-state index contributed by atoms with van der Waals surface area (Å²) in [5, 5.41) is 14.1. The lowest BCUT2D eigenvalue weighted by Crippen LogP contribution is -2.44. The molecule has 0 aliphatic heterocycles. The fraction of sp³-hybridized carbons (Fsp3) is 0.538. The monoisotopic (exact) mass is 332 g/mol. The summed E-state index contributed by atoms with van der Waals surface area (Å²) in [5.74, 6) is -0.934. The van der Waals surface area contributed by atoms with Crippen molar-refractivity contribution in [1.82, 2.24) is 5.32 Å². The summed E-state index contributed by atoms with van der Waals surface area (Å²) in [6, 6.07) is -1.04. The van der Waals surface area contributed by atoms with E-state index in [0.717, 1.165) is 10.5 Å². The summed E-state index contributed by atoms with van der Waals surface area (Å²) in [6.45, 7) is 7.05. The standard InChI is InChI=1S/C13H20N2O4S2/c1-7-5-21-10(14)9(7)20-6-8(11(16)17)15-12(18)19-13(2,3)4/h5,8H,6,14H2,1-4H3,(H,15,18)(H,16,17)/t8-/m0/s1. The second-order valence-corrected chi connectivity index (χ2v) is 7.40. The van der Waals surface area contributed by atoms with Crippen LogP contribution in [-0.2, 0) is 9.53 Å². The largest absolute Gasteiger partial charge is 0.480 e. The number of nitrogens with one attached hydrogen (secondary N) is 1. The molecular weight excluding hydrogens is 312 g/mol. The molecule has 0 saturated carbocycles. The molecule has 1 aromatic rings. The van der Waals surface area contributed by atoms with Gasteiger partial charge in [-0.15, -0.1) is 23.1 Å². The SMILES string of the molecule is Cc1csc(N)c1SC[C@H](NC(=O)OC(C)(C)C)C(=O)O. The number of alkyl carbamates (subject to hydrolysis) is 1. The Hall–Kier alpha value is -1.41. The van der Waals surface area contributed by atoms with Gasteiger partial charge in [0.25, 0.3) is 0 Å². The Morgan fingerprint density at radius 1 is 1.52 bits per heavy atom. The van der Waals surface area contributed by atoms with Crippen molar-refractivity contribution in [2.45, 2.75) is 44.2 Å². The van der Waals surface area contributed by atoms with Crippen LogP contribution in [0.4, 0.5) is 9.80 Å². The number of aryl methyl sites for hydroxylation is 1. The molecule has 118 valence electrons. The number of hydrogen-bond donors (Lipinski definition) is 3. The predicted molar refractivity (Wildman–Crippen MR) is 85.0 cm³/mol. The Morgan fingerprint density at radius 3 is 2.57 bits per heavy atom. The van der Waals surface area contributed by atoms with Crippen molar-refractivity contribution in [2.75, 3.05) is 11.5 Å². The van der Waals surface area contributed by atoms with Gasteiger partial charge in [0.05, 0.1) is 5.00 Å². The van der Waals surface area contributed by atoms with Crippen molar-refractivity contribution in [2.24, 2.45) is 0 Å². The number of nitrogens with two attached hydrogens (primary N) is 1. The number of carbonyl (C=O) groups excluding carboxylic acids is 1. The van der Waals surface area contributed by atoms with E-state index in [9.17, 15) is 14.7 Å². The fourth-order valence-corrected chi connectivity index (χ4v) is 3.50. The molecule has 1 rings (SSSR count). The summed E-state index contributed by atoms with van der Waals surface area (Å²) in [5.41, 5.74) is 6.16. The quantitative estimate of drug-likeness (QED) is 0.717. The number of rotatable bonds is 5. The molecular formula is C13H20N2O4S2. The number of nitrogen functional groups attached to an aromatic ring is 1. The molecule has 1 amide bonds. The zero-order chi connectivity index (χ0) is 16.2. The number of aliphatic carboxylic acids is 1. The van der Waals surface area contributed by atoms with Gasteiger partial charge in [-0.2, -0.15) is 0 Å². The molecule has 1 atom stereocenters. The molecule has 0 spiro atoms. The first-order chi connectivity index (χ1) is 9.60. The molecule has 8 heteroatoms. The van der Waals surface area contributed by atoms with Crippen LogP contribution in [0.25, 0.3) is 0 Å². The van der Waals surface area contributed by atoms with Gasteiger partial charge >= 0.3 is 12.1 Å². The zero-order valence-electron chi connectivity index (χ0n) is 12.4. The Kier molecular flexibility index (Phi) is 5.91. The van der Waals surface area contributed by atoms with Crippen molar-refractivity contribution in [3.8, 4) is 0 Å². The number of carbonyl (C=O) groups is 2. The van der Waals surface area contributed by atoms with E-state index >= 15 is 0 Å². The third kappa shape index (κ3) is 5.84. The predicted octanol–water partition coefficient (Wildman–Crippen LogP) is 2.71. The molecule has 0 unspecified atom stereocenters. The van der Waals surface area contributed by atoms with Crippen molar-refractivity contribution in [3.63, 3.8) is 0 Å². The van der Waals surface area contributed by atoms with Crippen molar-refractivity contribution >= 4 is 40.2 Å². The Labute approximate surface area is 132 Å². The molecule has 1 aromatic heterocycles. The van der Waals surface area contributed by atoms with E-state index in [2.05, 4.69) is 5.32 Å². The molecule has 21 heavy (non-hydrogen) atoms. The maximum absolute atomic E-state index is 11.6. The maximum Gasteiger partial charge on any atom is 0.408 e. The second-order valence-electron chi connectivity index (χ2n) is 5.46. The van der Waals surface area contributed by atoms with Gasteiger partial charge in [-0.3, -0.25) is 0 Å². The molecule has 0 aliphatic rings. The third-order valence-electron chi connectivity index (χ3n) is 2.33. The van der Waals surface area contributed by atoms with Crippen molar-refractivity contribution in [3.05, 3.63) is 10.9 Å². The number of anilines is 1. The van der Waals surface area contributed by atoms with Crippen LogP contribution in [0.2, 0.25) is 0 Å². The number of carboxylic acids is 1. The maximum atomic E-state index is 11.6. The van der Waals surface area contributed by atoms with E-state index in [1.165, 1.54) is 23.1 Å². The number of amides is 1. The summed E-state index contributed by atoms with van der Waals surface area (Å²) in [6.07, 6.45) is -0.745. The third-order valence-corrected chi connectivity index (χ3v) is 4.72. The minimum absolute atomic E-state index is 0.177. The normalized spacial score (nSPS) is 12.8. The highest BCUT2D eigenvalue weighted by atomic mass is 32.2. The highest BCUT2D eigenvalue weighted by molar-refractivity contribution is 7.99. The molecule has 0 radical (unpaired) electrons. The molecule has 0 aromatic carbocycles. The van der Waals surface area contributed by atoms with E-state index in [-0.39, 0.29) is 5.75 Å². The number of carboxylic acid groups (broad SMARTS) is 1. The van der Waals surface area contributed by atoms with Crippen molar-refractivity contribution < 1.29 is 19.4 Å². The van der Waals surface area contributed by atoms with E-state index in [1.54, 1.807) is 20.8 Å². The Bertz CT molecular complexity index is 503. The molecule has 0 fully saturated rings. The highest BCUT2D eigenvalue weighted by Gasteiger charge is 2.24. The molecule has 0 aliphatic carbocycles. The molecule has 1 heterocycles. The number of thioether (sulfide) groups is 1. The average molecular weight is 332 g/mol. The minimum Gasteiger partial charge on any atom is -0.480 e. The molecule has 0 bridgehead atoms. The minimum atomic E-state index is -1.11.